The molecule has 76 heavy (non-hydrogen) atoms. The molecule has 12 heteroatoms. The number of unbranched alkanes of at least 4 members (excludes halogenated alkanes) is 37. The van der Waals surface area contributed by atoms with Crippen LogP contribution in [0.15, 0.2) is 36.5 Å². The Morgan fingerprint density at radius 3 is 1.01 bits per heavy atom. The maximum Gasteiger partial charge on any atom is 0.472 e. The van der Waals surface area contributed by atoms with Gasteiger partial charge in [0.15, 0.2) is 6.10 Å². The number of carbonyl (C=O) groups is 3. The topological polar surface area (TPSA) is 155 Å². The number of hydrogen-bond acceptors (Lipinski definition) is 10. The lowest BCUT2D eigenvalue weighted by molar-refractivity contribution is -0.161. The van der Waals surface area contributed by atoms with Crippen LogP contribution in [0.5, 0.6) is 0 Å². The van der Waals surface area contributed by atoms with Crippen LogP contribution in [0.1, 0.15) is 316 Å². The minimum absolute atomic E-state index is 0.170. The molecule has 0 amide bonds. The molecule has 3 unspecified atom stereocenters. The first-order valence-corrected chi connectivity index (χ1v) is 33.4. The second-order valence-corrected chi connectivity index (χ2v) is 23.0. The fourth-order valence-corrected chi connectivity index (χ4v) is 9.93. The van der Waals surface area contributed by atoms with Crippen molar-refractivity contribution in [1.29, 1.82) is 0 Å². The molecule has 0 spiro atoms. The van der Waals surface area contributed by atoms with Gasteiger partial charge in [0.25, 0.3) is 0 Å². The molecule has 0 aromatic carbocycles. The highest BCUT2D eigenvalue weighted by Crippen LogP contribution is 2.43. The van der Waals surface area contributed by atoms with Crippen molar-refractivity contribution in [1.82, 2.24) is 0 Å². The second-order valence-electron chi connectivity index (χ2n) is 21.6. The second kappa shape index (κ2) is 58.8. The van der Waals surface area contributed by atoms with Gasteiger partial charge in [-0.1, -0.05) is 256 Å². The molecule has 0 aliphatic heterocycles. The van der Waals surface area contributed by atoms with E-state index < -0.39 is 57.8 Å². The molecule has 0 aliphatic carbocycles. The van der Waals surface area contributed by atoms with Crippen molar-refractivity contribution in [2.45, 2.75) is 328 Å². The molecule has 0 bridgehead atoms. The highest BCUT2D eigenvalue weighted by atomic mass is 31.2. The standard InChI is InChI=1S/C64H119O11P/c1-4-7-10-13-16-19-22-25-28-30-33-35-38-41-44-47-50-53-62(66)71-57-61(75-64(68)55-52-49-46-43-40-37-34-31-29-26-23-20-17-14-11-8-5-2)59-73-76(69,70)72-58-60(56-65)74-63(67)54-51-48-45-42-39-36-32-27-24-21-18-15-12-9-6-3/h16,19,25,27-28,32,60-61,65H,4-15,17-18,20-24,26,29-31,33-59H2,1-3H3,(H,69,70)/b19-16-,28-25-,32-27-. The van der Waals surface area contributed by atoms with Crippen molar-refractivity contribution >= 4 is 25.7 Å². The van der Waals surface area contributed by atoms with E-state index in [1.54, 1.807) is 0 Å². The van der Waals surface area contributed by atoms with Gasteiger partial charge in [-0.05, 0) is 77.0 Å². The van der Waals surface area contributed by atoms with Gasteiger partial charge in [-0.25, -0.2) is 4.57 Å². The van der Waals surface area contributed by atoms with Crippen LogP contribution in [0.4, 0.5) is 0 Å². The van der Waals surface area contributed by atoms with Crippen LogP contribution < -0.4 is 0 Å². The first-order chi connectivity index (χ1) is 37.2. The number of esters is 3. The van der Waals surface area contributed by atoms with Crippen LogP contribution >= 0.6 is 7.82 Å². The van der Waals surface area contributed by atoms with Crippen molar-refractivity contribution in [3.05, 3.63) is 36.5 Å². The van der Waals surface area contributed by atoms with Gasteiger partial charge in [0.2, 0.25) is 0 Å². The molecule has 0 heterocycles. The number of aliphatic hydroxyl groups excluding tert-OH is 1. The molecule has 11 nitrogen and oxygen atoms in total. The summed E-state index contributed by atoms with van der Waals surface area (Å²) in [6.07, 6.45) is 62.3. The van der Waals surface area contributed by atoms with Gasteiger partial charge >= 0.3 is 25.7 Å². The zero-order valence-electron chi connectivity index (χ0n) is 49.5. The van der Waals surface area contributed by atoms with Gasteiger partial charge < -0.3 is 24.2 Å². The van der Waals surface area contributed by atoms with Gasteiger partial charge in [-0.15, -0.1) is 0 Å². The minimum atomic E-state index is -4.75. The first-order valence-electron chi connectivity index (χ1n) is 31.9. The smallest absolute Gasteiger partial charge is 0.462 e. The van der Waals surface area contributed by atoms with Crippen LogP contribution in [-0.2, 0) is 42.2 Å². The summed E-state index contributed by atoms with van der Waals surface area (Å²) in [6.45, 7) is 4.66. The highest BCUT2D eigenvalue weighted by molar-refractivity contribution is 7.47. The molecule has 3 atom stereocenters. The molecule has 0 rings (SSSR count). The summed E-state index contributed by atoms with van der Waals surface area (Å²) in [6, 6.07) is 0. The van der Waals surface area contributed by atoms with E-state index in [0.29, 0.717) is 19.3 Å². The molecular weight excluding hydrogens is 976 g/mol. The van der Waals surface area contributed by atoms with Crippen LogP contribution in [0.25, 0.3) is 0 Å². The maximum absolute atomic E-state index is 12.9. The Bertz CT molecular complexity index is 1420. The molecule has 0 saturated carbocycles. The lowest BCUT2D eigenvalue weighted by atomic mass is 10.0. The molecule has 0 radical (unpaired) electrons. The monoisotopic (exact) mass is 1090 g/mol. The predicted molar refractivity (Wildman–Crippen MR) is 316 cm³/mol. The molecule has 0 saturated heterocycles. The van der Waals surface area contributed by atoms with Gasteiger partial charge in [0.1, 0.15) is 12.7 Å². The molecule has 0 aromatic heterocycles. The van der Waals surface area contributed by atoms with E-state index >= 15 is 0 Å². The molecule has 0 aromatic rings. The van der Waals surface area contributed by atoms with Crippen LogP contribution in [-0.4, -0.2) is 66.5 Å². The van der Waals surface area contributed by atoms with Gasteiger partial charge in [0, 0.05) is 19.3 Å². The minimum Gasteiger partial charge on any atom is -0.462 e. The average molecular weight is 1100 g/mol. The van der Waals surface area contributed by atoms with Gasteiger partial charge in [-0.2, -0.15) is 0 Å². The summed E-state index contributed by atoms with van der Waals surface area (Å²) >= 11 is 0. The molecule has 2 N–H and O–H groups in total. The number of aliphatic hydroxyl groups is 1. The van der Waals surface area contributed by atoms with E-state index in [4.69, 9.17) is 23.3 Å². The number of phosphoric ester groups is 1. The van der Waals surface area contributed by atoms with E-state index in [1.807, 2.05) is 0 Å². The fraction of sp³-hybridized carbons (Fsp3) is 0.859. The average Bonchev–Trinajstić information content (AvgIpc) is 3.41. The van der Waals surface area contributed by atoms with Crippen molar-refractivity contribution < 1.29 is 52.2 Å². The third kappa shape index (κ3) is 56.4. The number of rotatable bonds is 60. The Kier molecular flexibility index (Phi) is 57.1. The number of allylic oxidation sites excluding steroid dienone is 6. The van der Waals surface area contributed by atoms with E-state index in [1.165, 1.54) is 167 Å². The lowest BCUT2D eigenvalue weighted by Gasteiger charge is -2.21. The SMILES string of the molecule is CCCCC/C=C\C/C=C\CCCCCCCCCC(=O)OCC(COP(=O)(O)OCC(CO)OC(=O)CCCCCCC/C=C\CCCCCCCC)OC(=O)CCCCCCCCCCCCCCCCCCC. The quantitative estimate of drug-likeness (QED) is 0.0197. The molecule has 0 fully saturated rings. The fourth-order valence-electron chi connectivity index (χ4n) is 9.15. The van der Waals surface area contributed by atoms with Crippen molar-refractivity contribution in [2.24, 2.45) is 0 Å². The Morgan fingerprint density at radius 2 is 0.645 bits per heavy atom. The molecule has 446 valence electrons. The Labute approximate surface area is 467 Å². The predicted octanol–water partition coefficient (Wildman–Crippen LogP) is 19.2. The van der Waals surface area contributed by atoms with E-state index in [2.05, 4.69) is 57.2 Å². The third-order valence-electron chi connectivity index (χ3n) is 14.0. The zero-order valence-corrected chi connectivity index (χ0v) is 50.4. The lowest BCUT2D eigenvalue weighted by Crippen LogP contribution is -2.30. The van der Waals surface area contributed by atoms with Crippen LogP contribution in [0.3, 0.4) is 0 Å². The van der Waals surface area contributed by atoms with Crippen molar-refractivity contribution in [3.8, 4) is 0 Å². The van der Waals surface area contributed by atoms with E-state index in [0.717, 1.165) is 89.9 Å². The van der Waals surface area contributed by atoms with Gasteiger partial charge in [0.05, 0.1) is 19.8 Å². The largest absolute Gasteiger partial charge is 0.472 e. The van der Waals surface area contributed by atoms with E-state index in [9.17, 15) is 28.9 Å². The van der Waals surface area contributed by atoms with E-state index in [-0.39, 0.29) is 25.9 Å². The van der Waals surface area contributed by atoms with Crippen LogP contribution in [0.2, 0.25) is 0 Å². The van der Waals surface area contributed by atoms with Crippen molar-refractivity contribution in [3.63, 3.8) is 0 Å². The molecule has 0 aliphatic rings. The van der Waals surface area contributed by atoms with Crippen LogP contribution in [0, 0.1) is 0 Å². The Hall–Kier alpha value is -2.30. The summed E-state index contributed by atoms with van der Waals surface area (Å²) in [4.78, 5) is 48.7. The Balaban J connectivity index is 4.69. The summed E-state index contributed by atoms with van der Waals surface area (Å²) in [5.74, 6) is -1.46. The van der Waals surface area contributed by atoms with Gasteiger partial charge in [-0.3, -0.25) is 23.4 Å². The first kappa shape index (κ1) is 73.7. The summed E-state index contributed by atoms with van der Waals surface area (Å²) in [5.41, 5.74) is 0. The molecular formula is C64H119O11P. The normalized spacial score (nSPS) is 13.5. The summed E-state index contributed by atoms with van der Waals surface area (Å²) in [5, 5.41) is 9.84. The summed E-state index contributed by atoms with van der Waals surface area (Å²) < 4.78 is 39.7. The van der Waals surface area contributed by atoms with Crippen molar-refractivity contribution in [2.75, 3.05) is 26.4 Å². The third-order valence-corrected chi connectivity index (χ3v) is 15.0. The number of hydrogen-bond donors (Lipinski definition) is 2. The number of ether oxygens (including phenoxy) is 3. The summed E-state index contributed by atoms with van der Waals surface area (Å²) in [7, 11) is -4.75. The number of carbonyl (C=O) groups excluding carboxylic acids is 3. The maximum atomic E-state index is 12.9. The Morgan fingerprint density at radius 1 is 0.368 bits per heavy atom. The highest BCUT2D eigenvalue weighted by Gasteiger charge is 2.28. The zero-order chi connectivity index (χ0) is 55.5. The number of phosphoric acid groups is 1.